The Morgan fingerprint density at radius 1 is 1.24 bits per heavy atom. The first-order valence-electron chi connectivity index (χ1n) is 5.75. The molecule has 1 saturated heterocycles. The average Bonchev–Trinajstić information content (AvgIpc) is 2.40. The molecule has 1 heterocycles. The van der Waals surface area contributed by atoms with Crippen LogP contribution >= 0.6 is 0 Å². The quantitative estimate of drug-likeness (QED) is 0.586. The number of benzene rings is 1. The summed E-state index contributed by atoms with van der Waals surface area (Å²) in [5.74, 6) is -0.282. The molecule has 0 aliphatic carbocycles. The zero-order valence-corrected chi connectivity index (χ0v) is 9.54. The Hall–Kier alpha value is -1.84. The van der Waals surface area contributed by atoms with Gasteiger partial charge in [0.1, 0.15) is 6.10 Å². The van der Waals surface area contributed by atoms with Gasteiger partial charge in [0.05, 0.1) is 5.56 Å². The summed E-state index contributed by atoms with van der Waals surface area (Å²) < 4.78 is 5.39. The van der Waals surface area contributed by atoms with Gasteiger partial charge in [-0.2, -0.15) is 0 Å². The Balaban J connectivity index is 1.86. The number of nitrogens with zero attached hydrogens (tertiary/aromatic N) is 1. The highest BCUT2D eigenvalue weighted by atomic mass is 16.5. The van der Waals surface area contributed by atoms with Gasteiger partial charge in [-0.3, -0.25) is 4.79 Å². The summed E-state index contributed by atoms with van der Waals surface area (Å²) in [7, 11) is 0. The van der Waals surface area contributed by atoms with E-state index in [9.17, 15) is 9.59 Å². The molecule has 2 rings (SSSR count). The van der Waals surface area contributed by atoms with Crippen LogP contribution in [0.5, 0.6) is 0 Å². The third-order valence-corrected chi connectivity index (χ3v) is 2.91. The number of likely N-dealkylation sites (tertiary alicyclic amines) is 1. The molecule has 90 valence electrons. The minimum Gasteiger partial charge on any atom is -0.459 e. The van der Waals surface area contributed by atoms with Crippen LogP contribution in [0.4, 0.5) is 0 Å². The van der Waals surface area contributed by atoms with Crippen molar-refractivity contribution in [2.45, 2.75) is 18.9 Å². The molecule has 0 aromatic heterocycles. The zero-order valence-electron chi connectivity index (χ0n) is 9.54. The first-order chi connectivity index (χ1) is 8.29. The van der Waals surface area contributed by atoms with E-state index in [-0.39, 0.29) is 12.1 Å². The van der Waals surface area contributed by atoms with E-state index < -0.39 is 0 Å². The van der Waals surface area contributed by atoms with Crippen LogP contribution in [0.3, 0.4) is 0 Å². The third kappa shape index (κ3) is 3.06. The van der Waals surface area contributed by atoms with Crippen molar-refractivity contribution in [2.75, 3.05) is 13.1 Å². The number of amides is 1. The minimum absolute atomic E-state index is 0.0705. The summed E-state index contributed by atoms with van der Waals surface area (Å²) in [5.41, 5.74) is 0.574. The van der Waals surface area contributed by atoms with Crippen molar-refractivity contribution in [2.24, 2.45) is 0 Å². The molecule has 0 saturated carbocycles. The smallest absolute Gasteiger partial charge is 0.338 e. The predicted octanol–water partition coefficient (Wildman–Crippen LogP) is 1.46. The van der Waals surface area contributed by atoms with Crippen LogP contribution in [0.15, 0.2) is 30.3 Å². The lowest BCUT2D eigenvalue weighted by molar-refractivity contribution is -0.120. The largest absolute Gasteiger partial charge is 0.459 e. The molecule has 1 amide bonds. The fraction of sp³-hybridized carbons (Fsp3) is 0.385. The summed E-state index contributed by atoms with van der Waals surface area (Å²) in [6, 6.07) is 8.96. The van der Waals surface area contributed by atoms with Crippen LogP contribution in [0.2, 0.25) is 0 Å². The molecule has 0 N–H and O–H groups in total. The molecule has 1 aliphatic heterocycles. The first-order valence-corrected chi connectivity index (χ1v) is 5.75. The molecule has 17 heavy (non-hydrogen) atoms. The van der Waals surface area contributed by atoms with E-state index in [0.717, 1.165) is 19.3 Å². The number of hydrogen-bond acceptors (Lipinski definition) is 3. The SMILES string of the molecule is O=CN1CCC(OC(=O)c2ccccc2)CC1. The highest BCUT2D eigenvalue weighted by molar-refractivity contribution is 5.89. The van der Waals surface area contributed by atoms with Gasteiger partial charge < -0.3 is 9.64 Å². The van der Waals surface area contributed by atoms with Crippen LogP contribution in [0.25, 0.3) is 0 Å². The zero-order chi connectivity index (χ0) is 12.1. The lowest BCUT2D eigenvalue weighted by atomic mass is 10.1. The number of esters is 1. The fourth-order valence-corrected chi connectivity index (χ4v) is 1.89. The molecule has 4 nitrogen and oxygen atoms in total. The highest BCUT2D eigenvalue weighted by Crippen LogP contribution is 2.14. The van der Waals surface area contributed by atoms with Crippen molar-refractivity contribution in [1.82, 2.24) is 4.90 Å². The van der Waals surface area contributed by atoms with Crippen molar-refractivity contribution in [1.29, 1.82) is 0 Å². The van der Waals surface area contributed by atoms with Crippen LogP contribution < -0.4 is 0 Å². The van der Waals surface area contributed by atoms with Crippen LogP contribution in [-0.4, -0.2) is 36.5 Å². The topological polar surface area (TPSA) is 46.6 Å². The molecular formula is C13H15NO3. The number of ether oxygens (including phenoxy) is 1. The number of rotatable bonds is 3. The first kappa shape index (κ1) is 11.6. The predicted molar refractivity (Wildman–Crippen MR) is 62.5 cm³/mol. The normalized spacial score (nSPS) is 16.6. The number of carbonyl (C=O) groups excluding carboxylic acids is 2. The molecule has 4 heteroatoms. The lowest BCUT2D eigenvalue weighted by Crippen LogP contribution is -2.36. The number of carbonyl (C=O) groups is 2. The maximum Gasteiger partial charge on any atom is 0.338 e. The van der Waals surface area contributed by atoms with E-state index in [2.05, 4.69) is 0 Å². The highest BCUT2D eigenvalue weighted by Gasteiger charge is 2.21. The van der Waals surface area contributed by atoms with E-state index in [4.69, 9.17) is 4.74 Å². The molecule has 0 spiro atoms. The monoisotopic (exact) mass is 233 g/mol. The molecule has 0 unspecified atom stereocenters. The van der Waals surface area contributed by atoms with Crippen molar-refractivity contribution in [3.8, 4) is 0 Å². The lowest BCUT2D eigenvalue weighted by Gasteiger charge is -2.28. The van der Waals surface area contributed by atoms with Crippen molar-refractivity contribution < 1.29 is 14.3 Å². The molecular weight excluding hydrogens is 218 g/mol. The van der Waals surface area contributed by atoms with Gasteiger partial charge in [0.2, 0.25) is 6.41 Å². The van der Waals surface area contributed by atoms with Crippen LogP contribution in [0, 0.1) is 0 Å². The Kier molecular flexibility index (Phi) is 3.75. The molecule has 0 bridgehead atoms. The second kappa shape index (κ2) is 5.48. The Bertz CT molecular complexity index is 383. The summed E-state index contributed by atoms with van der Waals surface area (Å²) >= 11 is 0. The van der Waals surface area contributed by atoms with E-state index in [1.807, 2.05) is 18.2 Å². The second-order valence-corrected chi connectivity index (χ2v) is 4.11. The fourth-order valence-electron chi connectivity index (χ4n) is 1.89. The Morgan fingerprint density at radius 3 is 2.47 bits per heavy atom. The second-order valence-electron chi connectivity index (χ2n) is 4.11. The number of hydrogen-bond donors (Lipinski definition) is 0. The van der Waals surface area contributed by atoms with Gasteiger partial charge in [-0.25, -0.2) is 4.79 Å². The maximum atomic E-state index is 11.8. The van der Waals surface area contributed by atoms with Gasteiger partial charge in [-0.15, -0.1) is 0 Å². The molecule has 1 fully saturated rings. The summed E-state index contributed by atoms with van der Waals surface area (Å²) in [4.78, 5) is 24.0. The van der Waals surface area contributed by atoms with Gasteiger partial charge >= 0.3 is 5.97 Å². The molecule has 1 aromatic carbocycles. The molecule has 0 radical (unpaired) electrons. The molecule has 1 aromatic rings. The van der Waals surface area contributed by atoms with E-state index >= 15 is 0 Å². The van der Waals surface area contributed by atoms with Gasteiger partial charge in [-0.05, 0) is 12.1 Å². The molecule has 1 aliphatic rings. The molecule has 0 atom stereocenters. The average molecular weight is 233 g/mol. The summed E-state index contributed by atoms with van der Waals surface area (Å²) in [6.45, 7) is 1.33. The van der Waals surface area contributed by atoms with E-state index in [1.165, 1.54) is 0 Å². The Morgan fingerprint density at radius 2 is 1.88 bits per heavy atom. The number of piperidine rings is 1. The van der Waals surface area contributed by atoms with Crippen molar-refractivity contribution in [3.63, 3.8) is 0 Å². The Labute approximate surface area is 100 Å². The van der Waals surface area contributed by atoms with Gasteiger partial charge in [-0.1, -0.05) is 18.2 Å². The van der Waals surface area contributed by atoms with E-state index in [1.54, 1.807) is 17.0 Å². The van der Waals surface area contributed by atoms with Crippen molar-refractivity contribution in [3.05, 3.63) is 35.9 Å². The van der Waals surface area contributed by atoms with Crippen LogP contribution in [-0.2, 0) is 9.53 Å². The van der Waals surface area contributed by atoms with Crippen molar-refractivity contribution >= 4 is 12.4 Å². The summed E-state index contributed by atoms with van der Waals surface area (Å²) in [5, 5.41) is 0. The van der Waals surface area contributed by atoms with Gasteiger partial charge in [0, 0.05) is 25.9 Å². The standard InChI is InChI=1S/C13H15NO3/c15-10-14-8-6-12(7-9-14)17-13(16)11-4-2-1-3-5-11/h1-5,10,12H,6-9H2. The third-order valence-electron chi connectivity index (χ3n) is 2.91. The van der Waals surface area contributed by atoms with Gasteiger partial charge in [0.15, 0.2) is 0 Å². The van der Waals surface area contributed by atoms with Crippen LogP contribution in [0.1, 0.15) is 23.2 Å². The minimum atomic E-state index is -0.282. The van der Waals surface area contributed by atoms with E-state index in [0.29, 0.717) is 18.7 Å². The maximum absolute atomic E-state index is 11.8. The summed E-state index contributed by atoms with van der Waals surface area (Å²) in [6.07, 6.45) is 2.21. The van der Waals surface area contributed by atoms with Gasteiger partial charge in [0.25, 0.3) is 0 Å².